The molecule has 0 bridgehead atoms. The van der Waals surface area contributed by atoms with Gasteiger partial charge in [-0.05, 0) is 41.5 Å². The van der Waals surface area contributed by atoms with Crippen molar-refractivity contribution in [2.75, 3.05) is 0 Å². The van der Waals surface area contributed by atoms with E-state index in [0.717, 1.165) is 6.61 Å². The van der Waals surface area contributed by atoms with Crippen LogP contribution >= 0.6 is 0 Å². The second-order valence-corrected chi connectivity index (χ2v) is 5.42. The van der Waals surface area contributed by atoms with Crippen molar-refractivity contribution in [3.8, 4) is 11.1 Å². The summed E-state index contributed by atoms with van der Waals surface area (Å²) in [5, 5.41) is 0. The van der Waals surface area contributed by atoms with Crippen molar-refractivity contribution in [2.24, 2.45) is 5.73 Å². The molecule has 0 aliphatic heterocycles. The van der Waals surface area contributed by atoms with Gasteiger partial charge in [0.25, 0.3) is 0 Å². The van der Waals surface area contributed by atoms with Crippen LogP contribution in [0.15, 0.2) is 48.5 Å². The quantitative estimate of drug-likeness (QED) is 0.892. The maximum atomic E-state index is 5.83. The van der Waals surface area contributed by atoms with Gasteiger partial charge in [-0.15, -0.1) is 0 Å². The molecule has 1 fully saturated rings. The summed E-state index contributed by atoms with van der Waals surface area (Å²) in [7, 11) is 0. The molecule has 0 atom stereocenters. The zero-order valence-electron chi connectivity index (χ0n) is 11.7. The highest BCUT2D eigenvalue weighted by Crippen LogP contribution is 2.25. The minimum atomic E-state index is 0.493. The highest BCUT2D eigenvalue weighted by atomic mass is 16.5. The Labute approximate surface area is 120 Å². The van der Waals surface area contributed by atoms with Gasteiger partial charge in [0.1, 0.15) is 0 Å². The van der Waals surface area contributed by atoms with Crippen molar-refractivity contribution in [3.05, 3.63) is 59.7 Å². The molecule has 2 N–H and O–H groups in total. The Morgan fingerprint density at radius 1 is 1.00 bits per heavy atom. The number of hydrogen-bond acceptors (Lipinski definition) is 2. The van der Waals surface area contributed by atoms with Crippen molar-refractivity contribution >= 4 is 0 Å². The monoisotopic (exact) mass is 267 g/mol. The van der Waals surface area contributed by atoms with Crippen LogP contribution in [0.4, 0.5) is 0 Å². The molecule has 0 radical (unpaired) electrons. The number of hydrogen-bond donors (Lipinski definition) is 1. The molecule has 0 saturated heterocycles. The predicted molar refractivity (Wildman–Crippen MR) is 82.2 cm³/mol. The molecule has 1 saturated carbocycles. The first-order chi connectivity index (χ1) is 9.86. The summed E-state index contributed by atoms with van der Waals surface area (Å²) in [6.07, 6.45) is 4.26. The van der Waals surface area contributed by atoms with Crippen molar-refractivity contribution < 1.29 is 4.74 Å². The molecule has 2 nitrogen and oxygen atoms in total. The summed E-state index contributed by atoms with van der Waals surface area (Å²) >= 11 is 0. The number of rotatable bonds is 5. The topological polar surface area (TPSA) is 35.2 Å². The fourth-order valence-electron chi connectivity index (χ4n) is 2.51. The third-order valence-electron chi connectivity index (χ3n) is 4.04. The average molecular weight is 267 g/mol. The van der Waals surface area contributed by atoms with Crippen LogP contribution in [0.25, 0.3) is 11.1 Å². The summed E-state index contributed by atoms with van der Waals surface area (Å²) < 4.78 is 5.83. The fourth-order valence-corrected chi connectivity index (χ4v) is 2.51. The molecule has 0 amide bonds. The third-order valence-corrected chi connectivity index (χ3v) is 4.04. The van der Waals surface area contributed by atoms with E-state index in [0.29, 0.717) is 12.6 Å². The van der Waals surface area contributed by atoms with Crippen LogP contribution in [-0.4, -0.2) is 6.10 Å². The minimum Gasteiger partial charge on any atom is -0.374 e. The van der Waals surface area contributed by atoms with Gasteiger partial charge in [-0.1, -0.05) is 48.5 Å². The van der Waals surface area contributed by atoms with E-state index in [1.807, 2.05) is 6.07 Å². The normalized spacial score (nSPS) is 15.1. The molecule has 0 aromatic heterocycles. The lowest BCUT2D eigenvalue weighted by atomic mass is 9.96. The molecule has 0 spiro atoms. The summed E-state index contributed by atoms with van der Waals surface area (Å²) in [5.74, 6) is 0. The maximum absolute atomic E-state index is 5.83. The van der Waals surface area contributed by atoms with Crippen LogP contribution < -0.4 is 5.73 Å². The SMILES string of the molecule is NCc1ccccc1-c1ccc(COC2CCC2)cc1. The van der Waals surface area contributed by atoms with Crippen molar-refractivity contribution in [2.45, 2.75) is 38.5 Å². The third kappa shape index (κ3) is 2.92. The van der Waals surface area contributed by atoms with Gasteiger partial charge in [0.15, 0.2) is 0 Å². The highest BCUT2D eigenvalue weighted by molar-refractivity contribution is 5.67. The molecule has 0 unspecified atom stereocenters. The summed E-state index contributed by atoms with van der Waals surface area (Å²) in [6, 6.07) is 16.9. The van der Waals surface area contributed by atoms with Crippen LogP contribution in [0.3, 0.4) is 0 Å². The van der Waals surface area contributed by atoms with Gasteiger partial charge in [0.05, 0.1) is 12.7 Å². The van der Waals surface area contributed by atoms with Crippen LogP contribution in [0.5, 0.6) is 0 Å². The second-order valence-electron chi connectivity index (χ2n) is 5.42. The molecule has 20 heavy (non-hydrogen) atoms. The largest absolute Gasteiger partial charge is 0.374 e. The lowest BCUT2D eigenvalue weighted by molar-refractivity contribution is -0.00865. The molecular formula is C18H21NO. The summed E-state index contributed by atoms with van der Waals surface area (Å²) in [4.78, 5) is 0. The summed E-state index contributed by atoms with van der Waals surface area (Å²) in [5.41, 5.74) is 10.7. The molecule has 1 aliphatic rings. The molecule has 0 heterocycles. The van der Waals surface area contributed by atoms with E-state index in [9.17, 15) is 0 Å². The van der Waals surface area contributed by atoms with Crippen molar-refractivity contribution in [1.29, 1.82) is 0 Å². The highest BCUT2D eigenvalue weighted by Gasteiger charge is 2.17. The fraction of sp³-hybridized carbons (Fsp3) is 0.333. The Morgan fingerprint density at radius 3 is 2.40 bits per heavy atom. The van der Waals surface area contributed by atoms with Crippen LogP contribution in [0.1, 0.15) is 30.4 Å². The maximum Gasteiger partial charge on any atom is 0.0720 e. The van der Waals surface area contributed by atoms with Crippen molar-refractivity contribution in [3.63, 3.8) is 0 Å². The van der Waals surface area contributed by atoms with Gasteiger partial charge in [-0.2, -0.15) is 0 Å². The van der Waals surface area contributed by atoms with Gasteiger partial charge in [-0.3, -0.25) is 0 Å². The van der Waals surface area contributed by atoms with Crippen LogP contribution in [0.2, 0.25) is 0 Å². The van der Waals surface area contributed by atoms with Gasteiger partial charge in [-0.25, -0.2) is 0 Å². The Balaban J connectivity index is 1.71. The van der Waals surface area contributed by atoms with E-state index < -0.39 is 0 Å². The summed E-state index contributed by atoms with van der Waals surface area (Å²) in [6.45, 7) is 1.30. The molecular weight excluding hydrogens is 246 g/mol. The van der Waals surface area contributed by atoms with Gasteiger partial charge in [0, 0.05) is 6.54 Å². The van der Waals surface area contributed by atoms with E-state index in [2.05, 4.69) is 42.5 Å². The molecule has 104 valence electrons. The Hall–Kier alpha value is -1.64. The van der Waals surface area contributed by atoms with E-state index in [1.54, 1.807) is 0 Å². The van der Waals surface area contributed by atoms with Gasteiger partial charge in [0.2, 0.25) is 0 Å². The van der Waals surface area contributed by atoms with E-state index >= 15 is 0 Å². The Bertz CT molecular complexity index is 558. The lowest BCUT2D eigenvalue weighted by Crippen LogP contribution is -2.21. The number of nitrogens with two attached hydrogens (primary N) is 1. The lowest BCUT2D eigenvalue weighted by Gasteiger charge is -2.25. The average Bonchev–Trinajstić information content (AvgIpc) is 2.46. The number of ether oxygens (including phenoxy) is 1. The molecule has 2 aromatic rings. The first-order valence-electron chi connectivity index (χ1n) is 7.35. The minimum absolute atomic E-state index is 0.493. The Morgan fingerprint density at radius 2 is 1.75 bits per heavy atom. The van der Waals surface area contributed by atoms with Crippen LogP contribution in [0, 0.1) is 0 Å². The first-order valence-corrected chi connectivity index (χ1v) is 7.35. The van der Waals surface area contributed by atoms with Crippen LogP contribution in [-0.2, 0) is 17.9 Å². The predicted octanol–water partition coefficient (Wildman–Crippen LogP) is 3.88. The molecule has 1 aliphatic carbocycles. The van der Waals surface area contributed by atoms with Gasteiger partial charge < -0.3 is 10.5 Å². The van der Waals surface area contributed by atoms with E-state index in [4.69, 9.17) is 10.5 Å². The molecule has 3 rings (SSSR count). The zero-order chi connectivity index (χ0) is 13.8. The van der Waals surface area contributed by atoms with E-state index in [-0.39, 0.29) is 0 Å². The molecule has 2 heteroatoms. The van der Waals surface area contributed by atoms with Gasteiger partial charge >= 0.3 is 0 Å². The van der Waals surface area contributed by atoms with Crippen molar-refractivity contribution in [1.82, 2.24) is 0 Å². The smallest absolute Gasteiger partial charge is 0.0720 e. The van der Waals surface area contributed by atoms with E-state index in [1.165, 1.54) is 41.5 Å². The standard InChI is InChI=1S/C18H21NO/c19-12-16-4-1-2-7-18(16)15-10-8-14(9-11-15)13-20-17-5-3-6-17/h1-2,4,7-11,17H,3,5-6,12-13,19H2. The first kappa shape index (κ1) is 13.3. The second kappa shape index (κ2) is 6.21. The Kier molecular flexibility index (Phi) is 4.14. The zero-order valence-corrected chi connectivity index (χ0v) is 11.7. The molecule has 2 aromatic carbocycles. The number of benzene rings is 2.